The van der Waals surface area contributed by atoms with E-state index >= 15 is 0 Å². The van der Waals surface area contributed by atoms with Gasteiger partial charge in [0.05, 0.1) is 4.88 Å². The molecule has 0 fully saturated rings. The highest BCUT2D eigenvalue weighted by molar-refractivity contribution is 7.26. The van der Waals surface area contributed by atoms with Gasteiger partial charge in [0.25, 0.3) is 0 Å². The predicted octanol–water partition coefficient (Wildman–Crippen LogP) is 12.1. The number of unbranched alkanes of at least 4 members (excludes halogenated alkanes) is 6. The van der Waals surface area contributed by atoms with Gasteiger partial charge in [-0.05, 0) is 101 Å². The Morgan fingerprint density at radius 1 is 0.525 bits per heavy atom. The summed E-state index contributed by atoms with van der Waals surface area (Å²) in [6, 6.07) is 27.7. The molecule has 0 N–H and O–H groups in total. The number of thiophene rings is 2. The molecule has 6 rings (SSSR count). The van der Waals surface area contributed by atoms with Crippen LogP contribution in [-0.2, 0) is 12.8 Å². The molecule has 6 aromatic rings. The quantitative estimate of drug-likeness (QED) is 0.116. The summed E-state index contributed by atoms with van der Waals surface area (Å²) in [5.41, 5.74) is 2.55. The van der Waals surface area contributed by atoms with Gasteiger partial charge >= 0.3 is 0 Å². The highest BCUT2D eigenvalue weighted by Crippen LogP contribution is 2.39. The van der Waals surface area contributed by atoms with E-state index in [0.717, 1.165) is 5.56 Å². The maximum Gasteiger partial charge on any atom is 0.0775 e. The molecule has 0 aliphatic carbocycles. The van der Waals surface area contributed by atoms with Crippen LogP contribution < -0.4 is 0 Å². The van der Waals surface area contributed by atoms with E-state index in [1.54, 1.807) is 0 Å². The molecule has 2 aromatic heterocycles. The van der Waals surface area contributed by atoms with Crippen LogP contribution in [0.5, 0.6) is 0 Å². The molecule has 0 nitrogen and oxygen atoms in total. The van der Waals surface area contributed by atoms with Crippen molar-refractivity contribution >= 4 is 64.4 Å². The number of hydrogen-bond acceptors (Lipinski definition) is 2. The molecule has 0 spiro atoms. The van der Waals surface area contributed by atoms with E-state index in [1.807, 2.05) is 22.7 Å². The van der Waals surface area contributed by atoms with Gasteiger partial charge in [-0.1, -0.05) is 88.5 Å². The van der Waals surface area contributed by atoms with E-state index in [0.29, 0.717) is 0 Å². The lowest BCUT2D eigenvalue weighted by Crippen LogP contribution is -1.86. The summed E-state index contributed by atoms with van der Waals surface area (Å²) in [5.74, 6) is 6.85. The maximum atomic E-state index is 3.43. The lowest BCUT2D eigenvalue weighted by Gasteiger charge is -2.05. The minimum Gasteiger partial charge on any atom is -0.135 e. The highest BCUT2D eigenvalue weighted by atomic mass is 32.1. The first-order chi connectivity index (χ1) is 19.7. The molecule has 0 saturated heterocycles. The minimum atomic E-state index is 1.09. The molecule has 0 aliphatic heterocycles. The van der Waals surface area contributed by atoms with Crippen LogP contribution in [0, 0.1) is 11.8 Å². The van der Waals surface area contributed by atoms with Gasteiger partial charge in [0.15, 0.2) is 0 Å². The van der Waals surface area contributed by atoms with Crippen LogP contribution in [-0.4, -0.2) is 0 Å². The van der Waals surface area contributed by atoms with Gasteiger partial charge in [-0.25, -0.2) is 0 Å². The molecule has 4 aromatic carbocycles. The van der Waals surface area contributed by atoms with Gasteiger partial charge in [-0.3, -0.25) is 0 Å². The van der Waals surface area contributed by atoms with Gasteiger partial charge in [0.1, 0.15) is 0 Å². The predicted molar refractivity (Wildman–Crippen MR) is 180 cm³/mol. The summed E-state index contributed by atoms with van der Waals surface area (Å²) in [6.45, 7) is 4.54. The van der Waals surface area contributed by atoms with Crippen molar-refractivity contribution < 1.29 is 0 Å². The highest BCUT2D eigenvalue weighted by Gasteiger charge is 2.09. The van der Waals surface area contributed by atoms with E-state index < -0.39 is 0 Å². The molecular weight excluding hydrogens is 521 g/mol. The van der Waals surface area contributed by atoms with Crippen molar-refractivity contribution in [2.75, 3.05) is 0 Å². The van der Waals surface area contributed by atoms with Crippen molar-refractivity contribution in [1.82, 2.24) is 0 Å². The molecule has 0 amide bonds. The van der Waals surface area contributed by atoms with Crippen LogP contribution in [0.1, 0.15) is 86.1 Å². The molecule has 0 unspecified atom stereocenters. The van der Waals surface area contributed by atoms with Gasteiger partial charge in [0.2, 0.25) is 0 Å². The minimum absolute atomic E-state index is 1.09. The molecule has 202 valence electrons. The Hall–Kier alpha value is -3.12. The lowest BCUT2D eigenvalue weighted by molar-refractivity contribution is 0.667. The molecule has 0 bridgehead atoms. The monoisotopic (exact) mass is 558 g/mol. The molecule has 2 heteroatoms. The largest absolute Gasteiger partial charge is 0.135 e. The van der Waals surface area contributed by atoms with E-state index in [1.165, 1.54) is 121 Å². The summed E-state index contributed by atoms with van der Waals surface area (Å²) in [4.78, 5) is 2.63. The van der Waals surface area contributed by atoms with Crippen LogP contribution in [0.3, 0.4) is 0 Å². The fraction of sp³-hybridized carbons (Fsp3) is 0.316. The van der Waals surface area contributed by atoms with Crippen molar-refractivity contribution in [2.24, 2.45) is 0 Å². The number of fused-ring (bicyclic) bond motifs is 5. The van der Waals surface area contributed by atoms with E-state index in [2.05, 4.69) is 98.5 Å². The third-order valence-corrected chi connectivity index (χ3v) is 10.2. The standard InChI is InChI=1S/C38H38S2/c1-3-5-7-9-11-27-13-16-29-23-35-36-24-30-17-14-28(15-18-34-20-19-33(39-34)12-10-8-6-4-2)22-32(30)26-38(36)40-37(35)25-31(29)21-27/h13-14,16-17,19-26H,3-12H2,1-2H3. The molecule has 0 aliphatic rings. The number of benzene rings is 4. The second-order valence-corrected chi connectivity index (χ2v) is 13.4. The Morgan fingerprint density at radius 3 is 1.93 bits per heavy atom. The molecular formula is C38H38S2. The zero-order valence-corrected chi connectivity index (χ0v) is 25.4. The second-order valence-electron chi connectivity index (χ2n) is 11.2. The fourth-order valence-electron chi connectivity index (χ4n) is 5.74. The Balaban J connectivity index is 1.25. The Bertz CT molecular complexity index is 1840. The molecule has 2 heterocycles. The number of rotatable bonds is 10. The average Bonchev–Trinajstić information content (AvgIpc) is 3.57. The topological polar surface area (TPSA) is 0 Å². The first-order valence-electron chi connectivity index (χ1n) is 15.1. The third-order valence-electron chi connectivity index (χ3n) is 8.04. The molecule has 0 radical (unpaired) electrons. The Labute approximate surface area is 247 Å². The van der Waals surface area contributed by atoms with E-state index in [4.69, 9.17) is 0 Å². The Morgan fingerprint density at radius 2 is 1.20 bits per heavy atom. The van der Waals surface area contributed by atoms with Crippen LogP contribution in [0.15, 0.2) is 72.8 Å². The summed E-state index contributed by atoms with van der Waals surface area (Å²) in [5, 5.41) is 8.00. The molecule has 40 heavy (non-hydrogen) atoms. The summed E-state index contributed by atoms with van der Waals surface area (Å²) in [6.07, 6.45) is 12.9. The van der Waals surface area contributed by atoms with Crippen molar-refractivity contribution in [3.63, 3.8) is 0 Å². The fourth-order valence-corrected chi connectivity index (χ4v) is 7.81. The van der Waals surface area contributed by atoms with E-state index in [9.17, 15) is 0 Å². The third kappa shape index (κ3) is 6.12. The Kier molecular flexibility index (Phi) is 8.52. The van der Waals surface area contributed by atoms with Crippen molar-refractivity contribution in [3.8, 4) is 11.8 Å². The average molecular weight is 559 g/mol. The van der Waals surface area contributed by atoms with Crippen LogP contribution in [0.2, 0.25) is 0 Å². The van der Waals surface area contributed by atoms with Crippen LogP contribution >= 0.6 is 22.7 Å². The second kappa shape index (κ2) is 12.6. The lowest BCUT2D eigenvalue weighted by atomic mass is 9.99. The van der Waals surface area contributed by atoms with Crippen molar-refractivity contribution in [2.45, 2.75) is 78.1 Å². The van der Waals surface area contributed by atoms with Crippen molar-refractivity contribution in [3.05, 3.63) is 93.7 Å². The summed E-state index contributed by atoms with van der Waals surface area (Å²) in [7, 11) is 0. The normalized spacial score (nSPS) is 11.6. The van der Waals surface area contributed by atoms with Crippen molar-refractivity contribution in [1.29, 1.82) is 0 Å². The summed E-state index contributed by atoms with van der Waals surface area (Å²) < 4.78 is 2.73. The first kappa shape index (κ1) is 27.1. The number of aryl methyl sites for hydroxylation is 2. The SMILES string of the molecule is CCCCCCc1ccc2cc3c(cc2c1)sc1cc2cc(C#Cc4ccc(CCCCCC)s4)ccc2cc13. The first-order valence-corrected chi connectivity index (χ1v) is 16.8. The maximum absolute atomic E-state index is 3.43. The van der Waals surface area contributed by atoms with Gasteiger partial charge in [-0.15, -0.1) is 22.7 Å². The number of hydrogen-bond donors (Lipinski definition) is 0. The molecule has 0 atom stereocenters. The van der Waals surface area contributed by atoms with Crippen LogP contribution in [0.4, 0.5) is 0 Å². The summed E-state index contributed by atoms with van der Waals surface area (Å²) >= 11 is 3.77. The molecule has 0 saturated carbocycles. The van der Waals surface area contributed by atoms with E-state index in [-0.39, 0.29) is 0 Å². The van der Waals surface area contributed by atoms with Gasteiger partial charge in [-0.2, -0.15) is 0 Å². The zero-order valence-electron chi connectivity index (χ0n) is 23.8. The zero-order chi connectivity index (χ0) is 27.3. The van der Waals surface area contributed by atoms with Crippen LogP contribution in [0.25, 0.3) is 41.7 Å². The van der Waals surface area contributed by atoms with Gasteiger partial charge < -0.3 is 0 Å². The smallest absolute Gasteiger partial charge is 0.0775 e. The van der Waals surface area contributed by atoms with Gasteiger partial charge in [0, 0.05) is 30.6 Å².